The lowest BCUT2D eigenvalue weighted by Crippen LogP contribution is -2.48. The van der Waals surface area contributed by atoms with Gasteiger partial charge in [-0.3, -0.25) is 4.79 Å². The summed E-state index contributed by atoms with van der Waals surface area (Å²) < 4.78 is 0. The molecule has 1 aliphatic heterocycles. The Labute approximate surface area is 103 Å². The molecular weight excluding hydrogens is 212 g/mol. The maximum absolute atomic E-state index is 11.7. The van der Waals surface area contributed by atoms with Crippen molar-refractivity contribution in [3.63, 3.8) is 0 Å². The van der Waals surface area contributed by atoms with E-state index in [1.54, 1.807) is 0 Å². The SMILES string of the molecule is CC(CC(=O)NCC1CNC1)c1ccccc1. The molecular formula is C14H20N2O. The van der Waals surface area contributed by atoms with Crippen LogP contribution < -0.4 is 10.6 Å². The second kappa shape index (κ2) is 5.82. The molecule has 17 heavy (non-hydrogen) atoms. The number of carbonyl (C=O) groups excluding carboxylic acids is 1. The smallest absolute Gasteiger partial charge is 0.220 e. The van der Waals surface area contributed by atoms with Crippen LogP contribution in [0.2, 0.25) is 0 Å². The van der Waals surface area contributed by atoms with Gasteiger partial charge in [-0.2, -0.15) is 0 Å². The minimum absolute atomic E-state index is 0.160. The van der Waals surface area contributed by atoms with E-state index in [-0.39, 0.29) is 11.8 Å². The molecule has 2 N–H and O–H groups in total. The zero-order valence-electron chi connectivity index (χ0n) is 10.3. The standard InChI is InChI=1S/C14H20N2O/c1-11(13-5-3-2-4-6-13)7-14(17)16-10-12-8-15-9-12/h2-6,11-12,15H,7-10H2,1H3,(H,16,17). The number of hydrogen-bond acceptors (Lipinski definition) is 2. The van der Waals surface area contributed by atoms with Gasteiger partial charge in [0.25, 0.3) is 0 Å². The van der Waals surface area contributed by atoms with Gasteiger partial charge in [0.05, 0.1) is 0 Å². The normalized spacial score (nSPS) is 17.2. The van der Waals surface area contributed by atoms with Crippen molar-refractivity contribution in [3.8, 4) is 0 Å². The molecule has 1 unspecified atom stereocenters. The fourth-order valence-corrected chi connectivity index (χ4v) is 2.00. The summed E-state index contributed by atoms with van der Waals surface area (Å²) in [5, 5.41) is 6.21. The molecule has 1 aromatic rings. The highest BCUT2D eigenvalue weighted by molar-refractivity contribution is 5.76. The first-order valence-corrected chi connectivity index (χ1v) is 6.28. The van der Waals surface area contributed by atoms with E-state index < -0.39 is 0 Å². The molecule has 1 fully saturated rings. The van der Waals surface area contributed by atoms with Crippen LogP contribution in [0.15, 0.2) is 30.3 Å². The molecule has 1 aromatic carbocycles. The van der Waals surface area contributed by atoms with Gasteiger partial charge < -0.3 is 10.6 Å². The van der Waals surface area contributed by atoms with Gasteiger partial charge in [-0.25, -0.2) is 0 Å². The molecule has 1 heterocycles. The van der Waals surface area contributed by atoms with Gasteiger partial charge in [0.1, 0.15) is 0 Å². The fourth-order valence-electron chi connectivity index (χ4n) is 2.00. The van der Waals surface area contributed by atoms with Crippen LogP contribution >= 0.6 is 0 Å². The van der Waals surface area contributed by atoms with Crippen LogP contribution in [0.3, 0.4) is 0 Å². The zero-order valence-corrected chi connectivity index (χ0v) is 10.3. The van der Waals surface area contributed by atoms with Gasteiger partial charge in [-0.15, -0.1) is 0 Å². The van der Waals surface area contributed by atoms with Gasteiger partial charge in [0, 0.05) is 32.0 Å². The highest BCUT2D eigenvalue weighted by atomic mass is 16.1. The van der Waals surface area contributed by atoms with Crippen molar-refractivity contribution in [1.82, 2.24) is 10.6 Å². The molecule has 92 valence electrons. The molecule has 0 spiro atoms. The average Bonchev–Trinajstić information content (AvgIpc) is 2.28. The number of nitrogens with one attached hydrogen (secondary N) is 2. The van der Waals surface area contributed by atoms with Crippen LogP contribution in [-0.4, -0.2) is 25.5 Å². The van der Waals surface area contributed by atoms with Gasteiger partial charge >= 0.3 is 0 Å². The van der Waals surface area contributed by atoms with Crippen molar-refractivity contribution in [3.05, 3.63) is 35.9 Å². The van der Waals surface area contributed by atoms with Gasteiger partial charge in [0.15, 0.2) is 0 Å². The number of rotatable bonds is 5. The van der Waals surface area contributed by atoms with Crippen molar-refractivity contribution < 1.29 is 4.79 Å². The van der Waals surface area contributed by atoms with Gasteiger partial charge in [-0.05, 0) is 11.5 Å². The van der Waals surface area contributed by atoms with E-state index in [1.807, 2.05) is 18.2 Å². The Balaban J connectivity index is 1.74. The first kappa shape index (κ1) is 12.1. The molecule has 1 saturated heterocycles. The summed E-state index contributed by atoms with van der Waals surface area (Å²) in [4.78, 5) is 11.7. The minimum atomic E-state index is 0.160. The maximum Gasteiger partial charge on any atom is 0.220 e. The third-order valence-electron chi connectivity index (χ3n) is 3.31. The third kappa shape index (κ3) is 3.56. The summed E-state index contributed by atoms with van der Waals surface area (Å²) in [6, 6.07) is 10.2. The van der Waals surface area contributed by atoms with Gasteiger partial charge in [-0.1, -0.05) is 37.3 Å². The lowest BCUT2D eigenvalue weighted by atomic mass is 9.97. The first-order valence-electron chi connectivity index (χ1n) is 6.28. The maximum atomic E-state index is 11.7. The summed E-state index contributed by atoms with van der Waals surface area (Å²) in [5.41, 5.74) is 1.23. The highest BCUT2D eigenvalue weighted by Crippen LogP contribution is 2.18. The second-order valence-electron chi connectivity index (χ2n) is 4.84. The average molecular weight is 232 g/mol. The van der Waals surface area contributed by atoms with Crippen molar-refractivity contribution in [2.24, 2.45) is 5.92 Å². The highest BCUT2D eigenvalue weighted by Gasteiger charge is 2.18. The van der Waals surface area contributed by atoms with Gasteiger partial charge in [0.2, 0.25) is 5.91 Å². The third-order valence-corrected chi connectivity index (χ3v) is 3.31. The Kier molecular flexibility index (Phi) is 4.15. The van der Waals surface area contributed by atoms with E-state index in [0.29, 0.717) is 12.3 Å². The molecule has 2 rings (SSSR count). The Bertz CT molecular complexity index is 360. The van der Waals surface area contributed by atoms with E-state index in [9.17, 15) is 4.79 Å². The van der Waals surface area contributed by atoms with E-state index in [0.717, 1.165) is 19.6 Å². The van der Waals surface area contributed by atoms with E-state index >= 15 is 0 Å². The van der Waals surface area contributed by atoms with Crippen molar-refractivity contribution in [1.29, 1.82) is 0 Å². The largest absolute Gasteiger partial charge is 0.356 e. The van der Waals surface area contributed by atoms with Crippen LogP contribution in [0, 0.1) is 5.92 Å². The second-order valence-corrected chi connectivity index (χ2v) is 4.84. The van der Waals surface area contributed by atoms with Crippen LogP contribution in [0.25, 0.3) is 0 Å². The lowest BCUT2D eigenvalue weighted by molar-refractivity contribution is -0.121. The molecule has 1 aliphatic rings. The molecule has 0 radical (unpaired) electrons. The first-order chi connectivity index (χ1) is 8.25. The van der Waals surface area contributed by atoms with Crippen LogP contribution in [0.1, 0.15) is 24.8 Å². The van der Waals surface area contributed by atoms with Crippen LogP contribution in [0.5, 0.6) is 0 Å². The molecule has 0 aliphatic carbocycles. The monoisotopic (exact) mass is 232 g/mol. The van der Waals surface area contributed by atoms with Crippen molar-refractivity contribution in [2.75, 3.05) is 19.6 Å². The van der Waals surface area contributed by atoms with E-state index in [1.165, 1.54) is 5.56 Å². The summed E-state index contributed by atoms with van der Waals surface area (Å²) in [6.07, 6.45) is 0.574. The summed E-state index contributed by atoms with van der Waals surface area (Å²) in [7, 11) is 0. The van der Waals surface area contributed by atoms with E-state index in [4.69, 9.17) is 0 Å². The topological polar surface area (TPSA) is 41.1 Å². The Morgan fingerprint density at radius 2 is 2.12 bits per heavy atom. The molecule has 3 nitrogen and oxygen atoms in total. The summed E-state index contributed by atoms with van der Waals surface area (Å²) >= 11 is 0. The molecule has 0 aromatic heterocycles. The fraction of sp³-hybridized carbons (Fsp3) is 0.500. The number of hydrogen-bond donors (Lipinski definition) is 2. The lowest BCUT2D eigenvalue weighted by Gasteiger charge is -2.27. The number of amides is 1. The Morgan fingerprint density at radius 1 is 1.41 bits per heavy atom. The minimum Gasteiger partial charge on any atom is -0.356 e. The predicted octanol–water partition coefficient (Wildman–Crippen LogP) is 1.52. The Hall–Kier alpha value is -1.35. The quantitative estimate of drug-likeness (QED) is 0.808. The number of carbonyl (C=O) groups is 1. The zero-order chi connectivity index (χ0) is 12.1. The number of benzene rings is 1. The summed E-state index contributed by atoms with van der Waals surface area (Å²) in [5.74, 6) is 1.08. The van der Waals surface area contributed by atoms with Crippen LogP contribution in [0.4, 0.5) is 0 Å². The Morgan fingerprint density at radius 3 is 2.71 bits per heavy atom. The molecule has 0 bridgehead atoms. The molecule has 0 saturated carbocycles. The molecule has 1 amide bonds. The summed E-state index contributed by atoms with van der Waals surface area (Å²) in [6.45, 7) is 4.98. The predicted molar refractivity (Wildman–Crippen MR) is 68.8 cm³/mol. The molecule has 1 atom stereocenters. The van der Waals surface area contributed by atoms with Crippen molar-refractivity contribution >= 4 is 5.91 Å². The molecule has 3 heteroatoms. The van der Waals surface area contributed by atoms with Crippen LogP contribution in [-0.2, 0) is 4.79 Å². The van der Waals surface area contributed by atoms with E-state index in [2.05, 4.69) is 29.7 Å². The van der Waals surface area contributed by atoms with Crippen molar-refractivity contribution in [2.45, 2.75) is 19.3 Å².